The fraction of sp³-hybridized carbons (Fsp3) is 0.350. The summed E-state index contributed by atoms with van der Waals surface area (Å²) in [5.74, 6) is -1.17. The number of aliphatic carboxylic acids is 1. The molecule has 142 valence electrons. The largest absolute Gasteiger partial charge is 0.481 e. The van der Waals surface area contributed by atoms with E-state index in [9.17, 15) is 14.4 Å². The summed E-state index contributed by atoms with van der Waals surface area (Å²) in [5.41, 5.74) is 2.37. The number of carboxylic acids is 1. The summed E-state index contributed by atoms with van der Waals surface area (Å²) < 4.78 is 5.19. The monoisotopic (exact) mass is 370 g/mol. The maximum Gasteiger partial charge on any atom is 0.311 e. The average Bonchev–Trinajstić information content (AvgIpc) is 2.91. The SMILES string of the molecule is Cc1coc(CC(=O)O)c1C(=O)NCc1cccc(NC(=O)C2CCC2)c1. The molecule has 0 bridgehead atoms. The van der Waals surface area contributed by atoms with E-state index in [-0.39, 0.29) is 42.0 Å². The van der Waals surface area contributed by atoms with E-state index in [0.717, 1.165) is 24.8 Å². The third kappa shape index (κ3) is 4.55. The molecule has 0 radical (unpaired) electrons. The normalized spacial score (nSPS) is 13.7. The molecule has 1 heterocycles. The number of amides is 2. The second-order valence-electron chi connectivity index (χ2n) is 6.79. The zero-order valence-electron chi connectivity index (χ0n) is 15.1. The van der Waals surface area contributed by atoms with Gasteiger partial charge in [-0.25, -0.2) is 0 Å². The Bertz CT molecular complexity index is 867. The molecule has 1 aromatic carbocycles. The Kier molecular flexibility index (Phi) is 5.59. The first kappa shape index (κ1) is 18.7. The average molecular weight is 370 g/mol. The highest BCUT2D eigenvalue weighted by atomic mass is 16.4. The van der Waals surface area contributed by atoms with Crippen molar-refractivity contribution >= 4 is 23.5 Å². The molecule has 3 rings (SSSR count). The number of anilines is 1. The number of rotatable bonds is 7. The molecule has 2 aromatic rings. The second-order valence-corrected chi connectivity index (χ2v) is 6.79. The summed E-state index contributed by atoms with van der Waals surface area (Å²) in [6.45, 7) is 1.95. The van der Waals surface area contributed by atoms with Gasteiger partial charge in [-0.1, -0.05) is 18.6 Å². The van der Waals surface area contributed by atoms with Crippen molar-refractivity contribution in [2.45, 2.75) is 39.2 Å². The number of furan rings is 1. The summed E-state index contributed by atoms with van der Waals surface area (Å²) >= 11 is 0. The highest BCUT2D eigenvalue weighted by Gasteiger charge is 2.25. The van der Waals surface area contributed by atoms with E-state index in [1.54, 1.807) is 6.92 Å². The Hall–Kier alpha value is -3.09. The van der Waals surface area contributed by atoms with E-state index >= 15 is 0 Å². The Morgan fingerprint density at radius 2 is 2.04 bits per heavy atom. The smallest absolute Gasteiger partial charge is 0.311 e. The van der Waals surface area contributed by atoms with Crippen molar-refractivity contribution in [3.8, 4) is 0 Å². The minimum atomic E-state index is -1.06. The van der Waals surface area contributed by atoms with Crippen LogP contribution in [0.3, 0.4) is 0 Å². The Balaban J connectivity index is 1.62. The van der Waals surface area contributed by atoms with Crippen LogP contribution in [0.2, 0.25) is 0 Å². The first-order chi connectivity index (χ1) is 12.9. The third-order valence-corrected chi connectivity index (χ3v) is 4.71. The number of benzene rings is 1. The van der Waals surface area contributed by atoms with Crippen LogP contribution in [0.25, 0.3) is 0 Å². The molecule has 3 N–H and O–H groups in total. The number of carboxylic acid groups (broad SMARTS) is 1. The first-order valence-corrected chi connectivity index (χ1v) is 8.91. The van der Waals surface area contributed by atoms with E-state index in [4.69, 9.17) is 9.52 Å². The van der Waals surface area contributed by atoms with Crippen molar-refractivity contribution in [2.24, 2.45) is 5.92 Å². The van der Waals surface area contributed by atoms with E-state index < -0.39 is 5.97 Å². The topological polar surface area (TPSA) is 109 Å². The molecule has 1 aliphatic rings. The van der Waals surface area contributed by atoms with E-state index in [1.165, 1.54) is 6.26 Å². The lowest BCUT2D eigenvalue weighted by atomic mass is 9.85. The highest BCUT2D eigenvalue weighted by Crippen LogP contribution is 2.27. The van der Waals surface area contributed by atoms with Crippen molar-refractivity contribution in [1.29, 1.82) is 0 Å². The number of aryl methyl sites for hydroxylation is 1. The van der Waals surface area contributed by atoms with Crippen LogP contribution in [-0.4, -0.2) is 22.9 Å². The van der Waals surface area contributed by atoms with Crippen molar-refractivity contribution in [2.75, 3.05) is 5.32 Å². The van der Waals surface area contributed by atoms with Crippen molar-refractivity contribution in [1.82, 2.24) is 5.32 Å². The second kappa shape index (κ2) is 8.07. The quantitative estimate of drug-likeness (QED) is 0.694. The van der Waals surface area contributed by atoms with Crippen LogP contribution < -0.4 is 10.6 Å². The van der Waals surface area contributed by atoms with Gasteiger partial charge in [0.05, 0.1) is 11.8 Å². The Labute approximate surface area is 156 Å². The summed E-state index contributed by atoms with van der Waals surface area (Å²) in [7, 11) is 0. The molecule has 27 heavy (non-hydrogen) atoms. The van der Waals surface area contributed by atoms with Gasteiger partial charge < -0.3 is 20.2 Å². The van der Waals surface area contributed by atoms with Gasteiger partial charge in [0.1, 0.15) is 12.2 Å². The van der Waals surface area contributed by atoms with Gasteiger partial charge in [-0.15, -0.1) is 0 Å². The van der Waals surface area contributed by atoms with Gasteiger partial charge in [-0.05, 0) is 37.5 Å². The summed E-state index contributed by atoms with van der Waals surface area (Å²) in [6, 6.07) is 7.29. The van der Waals surface area contributed by atoms with Gasteiger partial charge in [0.2, 0.25) is 5.91 Å². The standard InChI is InChI=1S/C20H22N2O5/c1-12-11-27-16(9-17(23)24)18(12)20(26)21-10-13-4-2-7-15(8-13)22-19(25)14-5-3-6-14/h2,4,7-8,11,14H,3,5-6,9-10H2,1H3,(H,21,26)(H,22,25)(H,23,24). The lowest BCUT2D eigenvalue weighted by molar-refractivity contribution is -0.136. The van der Waals surface area contributed by atoms with Crippen LogP contribution in [0.15, 0.2) is 34.9 Å². The van der Waals surface area contributed by atoms with Gasteiger partial charge in [0, 0.05) is 23.7 Å². The lowest BCUT2D eigenvalue weighted by Crippen LogP contribution is -2.28. The number of carbonyl (C=O) groups is 3. The predicted molar refractivity (Wildman–Crippen MR) is 98.4 cm³/mol. The maximum absolute atomic E-state index is 12.5. The number of hydrogen-bond acceptors (Lipinski definition) is 4. The zero-order chi connectivity index (χ0) is 19.4. The molecular weight excluding hydrogens is 348 g/mol. The Morgan fingerprint density at radius 1 is 1.26 bits per heavy atom. The molecule has 0 spiro atoms. The minimum Gasteiger partial charge on any atom is -0.481 e. The minimum absolute atomic E-state index is 0.0368. The molecule has 1 aliphatic carbocycles. The van der Waals surface area contributed by atoms with Gasteiger partial charge >= 0.3 is 5.97 Å². The lowest BCUT2D eigenvalue weighted by Gasteiger charge is -2.24. The maximum atomic E-state index is 12.5. The third-order valence-electron chi connectivity index (χ3n) is 4.71. The van der Waals surface area contributed by atoms with Crippen LogP contribution in [-0.2, 0) is 22.6 Å². The number of nitrogens with one attached hydrogen (secondary N) is 2. The fourth-order valence-corrected chi connectivity index (χ4v) is 3.01. The van der Waals surface area contributed by atoms with Crippen LogP contribution in [0.5, 0.6) is 0 Å². The van der Waals surface area contributed by atoms with E-state index in [0.29, 0.717) is 11.3 Å². The van der Waals surface area contributed by atoms with Crippen LogP contribution in [0.4, 0.5) is 5.69 Å². The van der Waals surface area contributed by atoms with Crippen molar-refractivity contribution < 1.29 is 23.9 Å². The van der Waals surface area contributed by atoms with E-state index in [2.05, 4.69) is 10.6 Å². The molecule has 0 aliphatic heterocycles. The van der Waals surface area contributed by atoms with Crippen molar-refractivity contribution in [3.63, 3.8) is 0 Å². The molecule has 2 amide bonds. The van der Waals surface area contributed by atoms with Gasteiger partial charge in [-0.3, -0.25) is 14.4 Å². The predicted octanol–water partition coefficient (Wildman–Crippen LogP) is 2.88. The number of carbonyl (C=O) groups excluding carboxylic acids is 2. The van der Waals surface area contributed by atoms with Crippen LogP contribution >= 0.6 is 0 Å². The molecule has 0 atom stereocenters. The highest BCUT2D eigenvalue weighted by molar-refractivity contribution is 5.97. The summed E-state index contributed by atoms with van der Waals surface area (Å²) in [5, 5.41) is 14.6. The van der Waals surface area contributed by atoms with E-state index in [1.807, 2.05) is 24.3 Å². The molecule has 1 saturated carbocycles. The first-order valence-electron chi connectivity index (χ1n) is 8.91. The number of hydrogen-bond donors (Lipinski definition) is 3. The molecule has 7 nitrogen and oxygen atoms in total. The summed E-state index contributed by atoms with van der Waals surface area (Å²) in [4.78, 5) is 35.4. The van der Waals surface area contributed by atoms with Gasteiger partial charge in [-0.2, -0.15) is 0 Å². The van der Waals surface area contributed by atoms with Crippen LogP contribution in [0, 0.1) is 12.8 Å². The molecule has 0 unspecified atom stereocenters. The van der Waals surface area contributed by atoms with Gasteiger partial charge in [0.25, 0.3) is 5.91 Å². The van der Waals surface area contributed by atoms with Crippen LogP contribution in [0.1, 0.15) is 46.5 Å². The molecule has 1 aromatic heterocycles. The molecule has 1 fully saturated rings. The Morgan fingerprint density at radius 3 is 2.70 bits per heavy atom. The summed E-state index contributed by atoms with van der Waals surface area (Å²) in [6.07, 6.45) is 4.00. The molecular formula is C20H22N2O5. The van der Waals surface area contributed by atoms with Gasteiger partial charge in [0.15, 0.2) is 0 Å². The fourth-order valence-electron chi connectivity index (χ4n) is 3.01. The zero-order valence-corrected chi connectivity index (χ0v) is 15.1. The van der Waals surface area contributed by atoms with Crippen molar-refractivity contribution in [3.05, 3.63) is 53.0 Å². The molecule has 7 heteroatoms. The molecule has 0 saturated heterocycles.